The van der Waals surface area contributed by atoms with Crippen LogP contribution in [-0.4, -0.2) is 4.57 Å². The number of benzene rings is 6. The average molecular weight is 487 g/mol. The van der Waals surface area contributed by atoms with E-state index in [2.05, 4.69) is 162 Å². The van der Waals surface area contributed by atoms with E-state index in [-0.39, 0.29) is 0 Å². The molecule has 0 fully saturated rings. The maximum Gasteiger partial charge on any atom is 0.0542 e. The van der Waals surface area contributed by atoms with E-state index in [4.69, 9.17) is 0 Å². The van der Waals surface area contributed by atoms with E-state index >= 15 is 0 Å². The van der Waals surface area contributed by atoms with Crippen molar-refractivity contribution < 1.29 is 0 Å². The number of hydrogen-bond acceptors (Lipinski definition) is 1. The third-order valence-corrected chi connectivity index (χ3v) is 7.12. The summed E-state index contributed by atoms with van der Waals surface area (Å²) in [6.45, 7) is 0. The van der Waals surface area contributed by atoms with Crippen molar-refractivity contribution in [2.45, 2.75) is 0 Å². The second kappa shape index (κ2) is 9.42. The topological polar surface area (TPSA) is 17.0 Å². The number of fused-ring (bicyclic) bond motifs is 3. The Hall–Kier alpha value is -5.08. The van der Waals surface area contributed by atoms with Crippen molar-refractivity contribution in [3.8, 4) is 27.9 Å². The predicted molar refractivity (Wildman–Crippen MR) is 161 cm³/mol. The van der Waals surface area contributed by atoms with Gasteiger partial charge in [-0.3, -0.25) is 0 Å². The number of hydrogen-bond donors (Lipinski definition) is 1. The van der Waals surface area contributed by atoms with Gasteiger partial charge in [-0.2, -0.15) is 0 Å². The van der Waals surface area contributed by atoms with E-state index < -0.39 is 0 Å². The monoisotopic (exact) mass is 486 g/mol. The molecule has 0 saturated heterocycles. The average Bonchev–Trinajstić information content (AvgIpc) is 3.32. The number of rotatable bonds is 5. The fourth-order valence-electron chi connectivity index (χ4n) is 5.37. The third kappa shape index (κ3) is 4.03. The summed E-state index contributed by atoms with van der Waals surface area (Å²) in [5.74, 6) is 0. The minimum Gasteiger partial charge on any atom is -0.355 e. The first-order valence-corrected chi connectivity index (χ1v) is 13.0. The van der Waals surface area contributed by atoms with Crippen LogP contribution in [0.4, 0.5) is 11.4 Å². The van der Waals surface area contributed by atoms with Gasteiger partial charge in [0.05, 0.1) is 11.0 Å². The van der Waals surface area contributed by atoms with E-state index in [9.17, 15) is 0 Å². The molecule has 0 saturated carbocycles. The molecular weight excluding hydrogens is 460 g/mol. The van der Waals surface area contributed by atoms with Crippen molar-refractivity contribution in [3.63, 3.8) is 0 Å². The van der Waals surface area contributed by atoms with Crippen LogP contribution < -0.4 is 5.32 Å². The van der Waals surface area contributed by atoms with Gasteiger partial charge in [0, 0.05) is 27.8 Å². The van der Waals surface area contributed by atoms with Gasteiger partial charge in [-0.05, 0) is 76.9 Å². The maximum absolute atomic E-state index is 3.72. The molecule has 6 aromatic carbocycles. The lowest BCUT2D eigenvalue weighted by Crippen LogP contribution is -1.94. The Kier molecular flexibility index (Phi) is 5.49. The Balaban J connectivity index is 1.35. The van der Waals surface area contributed by atoms with Crippen molar-refractivity contribution in [1.29, 1.82) is 0 Å². The van der Waals surface area contributed by atoms with Gasteiger partial charge in [0.2, 0.25) is 0 Å². The molecule has 0 spiro atoms. The van der Waals surface area contributed by atoms with E-state index in [1.54, 1.807) is 0 Å². The van der Waals surface area contributed by atoms with Crippen molar-refractivity contribution >= 4 is 33.2 Å². The van der Waals surface area contributed by atoms with Crippen LogP contribution in [0.2, 0.25) is 0 Å². The highest BCUT2D eigenvalue weighted by molar-refractivity contribution is 6.10. The van der Waals surface area contributed by atoms with Gasteiger partial charge in [0.25, 0.3) is 0 Å². The van der Waals surface area contributed by atoms with Crippen molar-refractivity contribution in [3.05, 3.63) is 152 Å². The molecule has 0 aliphatic carbocycles. The van der Waals surface area contributed by atoms with Crippen LogP contribution in [0.1, 0.15) is 0 Å². The lowest BCUT2D eigenvalue weighted by atomic mass is 9.98. The normalized spacial score (nSPS) is 11.2. The van der Waals surface area contributed by atoms with Crippen LogP contribution in [0.3, 0.4) is 0 Å². The number of nitrogens with zero attached hydrogens (tertiary/aromatic N) is 1. The molecule has 0 aliphatic heterocycles. The van der Waals surface area contributed by atoms with Gasteiger partial charge in [-0.1, -0.05) is 97.1 Å². The first-order chi connectivity index (χ1) is 18.8. The summed E-state index contributed by atoms with van der Waals surface area (Å²) in [4.78, 5) is 0. The van der Waals surface area contributed by atoms with E-state index in [1.165, 1.54) is 49.7 Å². The molecule has 7 rings (SSSR count). The maximum atomic E-state index is 3.72. The minimum absolute atomic E-state index is 1.07. The molecule has 7 aromatic rings. The first-order valence-electron chi connectivity index (χ1n) is 13.0. The number of para-hydroxylation sites is 2. The number of nitrogens with one attached hydrogen (secondary N) is 1. The molecule has 1 N–H and O–H groups in total. The Bertz CT molecular complexity index is 1810. The zero-order valence-electron chi connectivity index (χ0n) is 20.9. The number of anilines is 2. The summed E-state index contributed by atoms with van der Waals surface area (Å²) >= 11 is 0. The molecule has 180 valence electrons. The van der Waals surface area contributed by atoms with Gasteiger partial charge in [0.15, 0.2) is 0 Å². The van der Waals surface area contributed by atoms with Crippen LogP contribution in [0.15, 0.2) is 152 Å². The highest BCUT2D eigenvalue weighted by atomic mass is 15.0. The minimum atomic E-state index is 1.07. The SMILES string of the molecule is c1ccc(-c2cc(Nc3ccc4c(c3)c3ccccc3n4-c3ccccc3)cc(-c3ccccc3)c2)cc1. The zero-order valence-corrected chi connectivity index (χ0v) is 20.9. The van der Waals surface area contributed by atoms with Crippen molar-refractivity contribution in [2.75, 3.05) is 5.32 Å². The molecule has 0 aliphatic rings. The molecule has 0 atom stereocenters. The summed E-state index contributed by atoms with van der Waals surface area (Å²) in [7, 11) is 0. The molecule has 2 heteroatoms. The Morgan fingerprint density at radius 2 is 0.921 bits per heavy atom. The van der Waals surface area contributed by atoms with Crippen LogP contribution >= 0.6 is 0 Å². The fraction of sp³-hybridized carbons (Fsp3) is 0. The Morgan fingerprint density at radius 1 is 0.368 bits per heavy atom. The smallest absolute Gasteiger partial charge is 0.0542 e. The molecule has 0 bridgehead atoms. The van der Waals surface area contributed by atoms with Crippen LogP contribution in [0.25, 0.3) is 49.7 Å². The quantitative estimate of drug-likeness (QED) is 0.256. The van der Waals surface area contributed by atoms with Gasteiger partial charge in [0.1, 0.15) is 0 Å². The lowest BCUT2D eigenvalue weighted by molar-refractivity contribution is 1.18. The summed E-state index contributed by atoms with van der Waals surface area (Å²) in [5.41, 5.74) is 10.5. The molecule has 0 unspecified atom stereocenters. The molecule has 38 heavy (non-hydrogen) atoms. The van der Waals surface area contributed by atoms with Gasteiger partial charge in [-0.15, -0.1) is 0 Å². The van der Waals surface area contributed by atoms with Crippen LogP contribution in [0.5, 0.6) is 0 Å². The van der Waals surface area contributed by atoms with Gasteiger partial charge < -0.3 is 9.88 Å². The number of aromatic nitrogens is 1. The molecule has 1 aromatic heterocycles. The third-order valence-electron chi connectivity index (χ3n) is 7.12. The summed E-state index contributed by atoms with van der Waals surface area (Å²) < 4.78 is 2.35. The highest BCUT2D eigenvalue weighted by Crippen LogP contribution is 2.36. The predicted octanol–water partition coefficient (Wildman–Crippen LogP) is 9.86. The van der Waals surface area contributed by atoms with E-state index in [0.29, 0.717) is 0 Å². The van der Waals surface area contributed by atoms with Crippen molar-refractivity contribution in [1.82, 2.24) is 4.57 Å². The molecular formula is C36H26N2. The van der Waals surface area contributed by atoms with Crippen LogP contribution in [-0.2, 0) is 0 Å². The Morgan fingerprint density at radius 3 is 1.58 bits per heavy atom. The molecule has 1 heterocycles. The van der Waals surface area contributed by atoms with Gasteiger partial charge in [-0.25, -0.2) is 0 Å². The summed E-state index contributed by atoms with van der Waals surface area (Å²) in [6.07, 6.45) is 0. The van der Waals surface area contributed by atoms with E-state index in [0.717, 1.165) is 11.4 Å². The van der Waals surface area contributed by atoms with Gasteiger partial charge >= 0.3 is 0 Å². The highest BCUT2D eigenvalue weighted by Gasteiger charge is 2.13. The standard InChI is InChI=1S/C36H26N2/c1-4-12-26(13-5-1)28-22-29(27-14-6-2-7-15-27)24-31(23-28)37-30-20-21-36-34(25-30)33-18-10-11-19-35(33)38(36)32-16-8-3-9-17-32/h1-25,37H. The zero-order chi connectivity index (χ0) is 25.3. The Labute approximate surface area is 222 Å². The summed E-state index contributed by atoms with van der Waals surface area (Å²) in [5, 5.41) is 6.20. The molecule has 0 amide bonds. The molecule has 0 radical (unpaired) electrons. The summed E-state index contributed by atoms with van der Waals surface area (Å²) in [6, 6.07) is 53.8. The fourth-order valence-corrected chi connectivity index (χ4v) is 5.37. The second-order valence-electron chi connectivity index (χ2n) is 9.58. The van der Waals surface area contributed by atoms with E-state index in [1.807, 2.05) is 0 Å². The first kappa shape index (κ1) is 22.1. The molecule has 2 nitrogen and oxygen atoms in total. The van der Waals surface area contributed by atoms with Crippen LogP contribution in [0, 0.1) is 0 Å². The lowest BCUT2D eigenvalue weighted by Gasteiger charge is -2.13. The largest absolute Gasteiger partial charge is 0.355 e. The van der Waals surface area contributed by atoms with Crippen molar-refractivity contribution in [2.24, 2.45) is 0 Å². The second-order valence-corrected chi connectivity index (χ2v) is 9.58.